The van der Waals surface area contributed by atoms with Crippen LogP contribution in [0.3, 0.4) is 0 Å². The maximum absolute atomic E-state index is 12.3. The number of benzene rings is 1. The minimum Gasteiger partial charge on any atom is -0.508 e. The van der Waals surface area contributed by atoms with Crippen molar-refractivity contribution in [1.82, 2.24) is 4.57 Å². The second-order valence-electron chi connectivity index (χ2n) is 5.00. The van der Waals surface area contributed by atoms with E-state index in [1.165, 1.54) is 0 Å². The van der Waals surface area contributed by atoms with E-state index in [2.05, 4.69) is 6.92 Å². The van der Waals surface area contributed by atoms with Gasteiger partial charge in [0.2, 0.25) is 0 Å². The van der Waals surface area contributed by atoms with Crippen molar-refractivity contribution in [3.8, 4) is 16.9 Å². The van der Waals surface area contributed by atoms with Gasteiger partial charge in [-0.2, -0.15) is 0 Å². The summed E-state index contributed by atoms with van der Waals surface area (Å²) in [5, 5.41) is 9.57. The molecule has 0 bridgehead atoms. The van der Waals surface area contributed by atoms with Crippen LogP contribution in [0.4, 0.5) is 5.69 Å². The zero-order chi connectivity index (χ0) is 14.7. The highest BCUT2D eigenvalue weighted by molar-refractivity contribution is 5.79. The van der Waals surface area contributed by atoms with Gasteiger partial charge in [-0.3, -0.25) is 4.79 Å². The number of nitrogens with zero attached hydrogens (tertiary/aromatic N) is 1. The molecule has 0 unspecified atom stereocenters. The van der Waals surface area contributed by atoms with Crippen molar-refractivity contribution < 1.29 is 5.11 Å². The second-order valence-corrected chi connectivity index (χ2v) is 5.00. The van der Waals surface area contributed by atoms with E-state index in [-0.39, 0.29) is 17.0 Å². The molecule has 1 aromatic heterocycles. The van der Waals surface area contributed by atoms with Crippen molar-refractivity contribution in [2.24, 2.45) is 0 Å². The molecule has 0 fully saturated rings. The Hall–Kier alpha value is -2.23. The summed E-state index contributed by atoms with van der Waals surface area (Å²) < 4.78 is 1.67. The first-order valence-electron chi connectivity index (χ1n) is 6.83. The van der Waals surface area contributed by atoms with Gasteiger partial charge in [-0.25, -0.2) is 0 Å². The molecule has 2 aromatic rings. The molecular formula is C16H20N2O2. The van der Waals surface area contributed by atoms with E-state index in [0.717, 1.165) is 24.0 Å². The third-order valence-corrected chi connectivity index (χ3v) is 3.39. The van der Waals surface area contributed by atoms with Crippen molar-refractivity contribution in [3.63, 3.8) is 0 Å². The minimum atomic E-state index is -0.164. The first kappa shape index (κ1) is 14.2. The number of pyridine rings is 1. The van der Waals surface area contributed by atoms with Gasteiger partial charge in [-0.15, -0.1) is 0 Å². The Kier molecular flexibility index (Phi) is 4.13. The highest BCUT2D eigenvalue weighted by Crippen LogP contribution is 2.29. The lowest BCUT2D eigenvalue weighted by Crippen LogP contribution is -2.24. The molecule has 0 amide bonds. The average Bonchev–Trinajstić information content (AvgIpc) is 2.41. The van der Waals surface area contributed by atoms with Gasteiger partial charge in [0, 0.05) is 18.3 Å². The number of rotatable bonds is 4. The molecule has 1 aromatic carbocycles. The zero-order valence-corrected chi connectivity index (χ0v) is 11.9. The summed E-state index contributed by atoms with van der Waals surface area (Å²) in [6.07, 6.45) is 3.82. The Balaban J connectivity index is 2.56. The van der Waals surface area contributed by atoms with Crippen molar-refractivity contribution in [1.29, 1.82) is 0 Å². The monoisotopic (exact) mass is 272 g/mol. The molecule has 106 valence electrons. The summed E-state index contributed by atoms with van der Waals surface area (Å²) in [5.74, 6) is 0.163. The summed E-state index contributed by atoms with van der Waals surface area (Å²) in [4.78, 5) is 12.3. The molecule has 0 radical (unpaired) electrons. The summed E-state index contributed by atoms with van der Waals surface area (Å²) in [5.41, 5.74) is 8.51. The van der Waals surface area contributed by atoms with Gasteiger partial charge in [0.1, 0.15) is 11.4 Å². The van der Waals surface area contributed by atoms with Crippen molar-refractivity contribution in [2.75, 3.05) is 5.73 Å². The maximum Gasteiger partial charge on any atom is 0.274 e. The zero-order valence-electron chi connectivity index (χ0n) is 11.9. The Morgan fingerprint density at radius 1 is 1.35 bits per heavy atom. The highest BCUT2D eigenvalue weighted by Gasteiger charge is 2.12. The predicted molar refractivity (Wildman–Crippen MR) is 81.9 cm³/mol. The maximum atomic E-state index is 12.3. The molecule has 0 saturated heterocycles. The standard InChI is InChI=1S/C16H20N2O2/c1-3-4-8-18-10-11(2)14(15(17)16(18)20)12-6-5-7-13(19)9-12/h5-7,9-10,19H,3-4,8,17H2,1-2H3. The van der Waals surface area contributed by atoms with Crippen LogP contribution in [0.2, 0.25) is 0 Å². The topological polar surface area (TPSA) is 68.2 Å². The number of hydrogen-bond donors (Lipinski definition) is 2. The number of phenols is 1. The van der Waals surface area contributed by atoms with Crippen LogP contribution >= 0.6 is 0 Å². The second kappa shape index (κ2) is 5.82. The fraction of sp³-hybridized carbons (Fsp3) is 0.312. The molecule has 3 N–H and O–H groups in total. The average molecular weight is 272 g/mol. The molecular weight excluding hydrogens is 252 g/mol. The van der Waals surface area contributed by atoms with Crippen LogP contribution in [-0.4, -0.2) is 9.67 Å². The fourth-order valence-corrected chi connectivity index (χ4v) is 2.37. The van der Waals surface area contributed by atoms with E-state index in [0.29, 0.717) is 12.1 Å². The SMILES string of the molecule is CCCCn1cc(C)c(-c2cccc(O)c2)c(N)c1=O. The van der Waals surface area contributed by atoms with Crippen LogP contribution in [0.5, 0.6) is 5.75 Å². The van der Waals surface area contributed by atoms with E-state index in [1.807, 2.05) is 19.2 Å². The van der Waals surface area contributed by atoms with E-state index in [4.69, 9.17) is 5.73 Å². The number of nitrogen functional groups attached to an aromatic ring is 1. The lowest BCUT2D eigenvalue weighted by Gasteiger charge is -2.14. The van der Waals surface area contributed by atoms with Gasteiger partial charge in [0.25, 0.3) is 5.56 Å². The number of aromatic hydroxyl groups is 1. The number of hydrogen-bond acceptors (Lipinski definition) is 3. The number of unbranched alkanes of at least 4 members (excludes halogenated alkanes) is 1. The van der Waals surface area contributed by atoms with Crippen LogP contribution in [0, 0.1) is 6.92 Å². The predicted octanol–water partition coefficient (Wildman–Crippen LogP) is 2.91. The van der Waals surface area contributed by atoms with E-state index >= 15 is 0 Å². The van der Waals surface area contributed by atoms with Gasteiger partial charge >= 0.3 is 0 Å². The number of aryl methyl sites for hydroxylation is 2. The third kappa shape index (κ3) is 2.69. The largest absolute Gasteiger partial charge is 0.508 e. The lowest BCUT2D eigenvalue weighted by molar-refractivity contribution is 0.475. The van der Waals surface area contributed by atoms with Crippen LogP contribution in [0.25, 0.3) is 11.1 Å². The first-order chi connectivity index (χ1) is 9.54. The minimum absolute atomic E-state index is 0.163. The quantitative estimate of drug-likeness (QED) is 0.899. The summed E-state index contributed by atoms with van der Waals surface area (Å²) in [7, 11) is 0. The molecule has 0 aliphatic heterocycles. The molecule has 4 nitrogen and oxygen atoms in total. The van der Waals surface area contributed by atoms with Gasteiger partial charge in [-0.1, -0.05) is 25.5 Å². The van der Waals surface area contributed by atoms with Gasteiger partial charge in [0.15, 0.2) is 0 Å². The number of anilines is 1. The van der Waals surface area contributed by atoms with Crippen molar-refractivity contribution >= 4 is 5.69 Å². The molecule has 0 spiro atoms. The Bertz CT molecular complexity index is 675. The highest BCUT2D eigenvalue weighted by atomic mass is 16.3. The Labute approximate surface area is 118 Å². The van der Waals surface area contributed by atoms with E-state index in [9.17, 15) is 9.90 Å². The number of nitrogens with two attached hydrogens (primary N) is 1. The Morgan fingerprint density at radius 3 is 2.75 bits per heavy atom. The molecule has 0 aliphatic rings. The summed E-state index contributed by atoms with van der Waals surface area (Å²) in [6, 6.07) is 6.80. The molecule has 1 heterocycles. The van der Waals surface area contributed by atoms with Crippen LogP contribution in [0.15, 0.2) is 35.3 Å². The molecule has 0 atom stereocenters. The molecule has 0 aliphatic carbocycles. The molecule has 20 heavy (non-hydrogen) atoms. The molecule has 4 heteroatoms. The number of aromatic nitrogens is 1. The molecule has 2 rings (SSSR count). The first-order valence-corrected chi connectivity index (χ1v) is 6.83. The van der Waals surface area contributed by atoms with Crippen molar-refractivity contribution in [3.05, 3.63) is 46.4 Å². The van der Waals surface area contributed by atoms with Crippen molar-refractivity contribution in [2.45, 2.75) is 33.2 Å². The van der Waals surface area contributed by atoms with Gasteiger partial charge < -0.3 is 15.4 Å². The van der Waals surface area contributed by atoms with Crippen LogP contribution < -0.4 is 11.3 Å². The smallest absolute Gasteiger partial charge is 0.274 e. The fourth-order valence-electron chi connectivity index (χ4n) is 2.37. The van der Waals surface area contributed by atoms with Gasteiger partial charge in [0.05, 0.1) is 0 Å². The summed E-state index contributed by atoms with van der Waals surface area (Å²) in [6.45, 7) is 4.70. The van der Waals surface area contributed by atoms with E-state index in [1.54, 1.807) is 22.8 Å². The summed E-state index contributed by atoms with van der Waals surface area (Å²) >= 11 is 0. The molecule has 0 saturated carbocycles. The van der Waals surface area contributed by atoms with Crippen LogP contribution in [0.1, 0.15) is 25.3 Å². The Morgan fingerprint density at radius 2 is 2.10 bits per heavy atom. The van der Waals surface area contributed by atoms with Crippen LogP contribution in [-0.2, 0) is 6.54 Å². The lowest BCUT2D eigenvalue weighted by atomic mass is 10.0. The third-order valence-electron chi connectivity index (χ3n) is 3.39. The van der Waals surface area contributed by atoms with Gasteiger partial charge in [-0.05, 0) is 36.6 Å². The normalized spacial score (nSPS) is 10.7. The number of phenolic OH excluding ortho intramolecular Hbond substituents is 1. The van der Waals surface area contributed by atoms with E-state index < -0.39 is 0 Å².